The summed E-state index contributed by atoms with van der Waals surface area (Å²) in [5.74, 6) is -0.986. The molecule has 3 aromatic rings. The second-order valence-electron chi connectivity index (χ2n) is 12.0. The molecular formula is C35H40N4O6. The molecule has 10 heteroatoms. The molecule has 0 saturated carbocycles. The highest BCUT2D eigenvalue weighted by Gasteiger charge is 2.48. The smallest absolute Gasteiger partial charge is 0.308 e. The Hall–Kier alpha value is -4.41. The van der Waals surface area contributed by atoms with Crippen LogP contribution in [0.5, 0.6) is 11.5 Å². The van der Waals surface area contributed by atoms with Gasteiger partial charge < -0.3 is 30.1 Å². The van der Waals surface area contributed by atoms with E-state index in [2.05, 4.69) is 6.92 Å². The maximum atomic E-state index is 14.1. The van der Waals surface area contributed by atoms with Crippen molar-refractivity contribution in [3.8, 4) is 11.5 Å². The largest absolute Gasteiger partial charge is 0.481 e. The highest BCUT2D eigenvalue weighted by Crippen LogP contribution is 2.43. The molecule has 6 rings (SSSR count). The van der Waals surface area contributed by atoms with Gasteiger partial charge in [0.15, 0.2) is 11.5 Å². The number of nitrogens with two attached hydrogens (primary N) is 1. The van der Waals surface area contributed by atoms with Crippen LogP contribution in [0.4, 0.5) is 11.4 Å². The highest BCUT2D eigenvalue weighted by atomic mass is 16.7. The molecule has 3 heterocycles. The summed E-state index contributed by atoms with van der Waals surface area (Å²) in [6.45, 7) is 3.92. The van der Waals surface area contributed by atoms with Gasteiger partial charge in [0.05, 0.1) is 18.9 Å². The third-order valence-electron chi connectivity index (χ3n) is 9.26. The summed E-state index contributed by atoms with van der Waals surface area (Å²) in [5.41, 5.74) is 10.3. The number of rotatable bonds is 12. The molecule has 10 nitrogen and oxygen atoms in total. The van der Waals surface area contributed by atoms with E-state index in [-0.39, 0.29) is 31.1 Å². The first kappa shape index (κ1) is 30.6. The van der Waals surface area contributed by atoms with Crippen molar-refractivity contribution in [1.29, 1.82) is 0 Å². The summed E-state index contributed by atoms with van der Waals surface area (Å²) < 4.78 is 11.1. The Morgan fingerprint density at radius 3 is 2.67 bits per heavy atom. The normalized spacial score (nSPS) is 20.4. The van der Waals surface area contributed by atoms with E-state index in [0.29, 0.717) is 50.5 Å². The summed E-state index contributed by atoms with van der Waals surface area (Å²) in [5, 5.41) is 10.7. The van der Waals surface area contributed by atoms with Crippen LogP contribution in [0.2, 0.25) is 0 Å². The van der Waals surface area contributed by atoms with Crippen LogP contribution in [-0.2, 0) is 27.3 Å². The van der Waals surface area contributed by atoms with E-state index in [9.17, 15) is 19.5 Å². The number of benzene rings is 3. The molecule has 0 aromatic heterocycles. The number of anilines is 2. The van der Waals surface area contributed by atoms with Gasteiger partial charge >= 0.3 is 5.97 Å². The van der Waals surface area contributed by atoms with Crippen molar-refractivity contribution in [1.82, 2.24) is 4.90 Å². The molecule has 0 aliphatic carbocycles. The van der Waals surface area contributed by atoms with Gasteiger partial charge in [-0.3, -0.25) is 19.3 Å². The van der Waals surface area contributed by atoms with Crippen molar-refractivity contribution in [3.05, 3.63) is 83.4 Å². The molecule has 2 amide bonds. The number of hydrogen-bond acceptors (Lipinski definition) is 7. The predicted octanol–water partition coefficient (Wildman–Crippen LogP) is 4.16. The highest BCUT2D eigenvalue weighted by molar-refractivity contribution is 6.01. The molecule has 3 atom stereocenters. The van der Waals surface area contributed by atoms with E-state index < -0.39 is 17.9 Å². The van der Waals surface area contributed by atoms with E-state index >= 15 is 0 Å². The summed E-state index contributed by atoms with van der Waals surface area (Å²) in [4.78, 5) is 45.7. The molecule has 45 heavy (non-hydrogen) atoms. The molecule has 1 fully saturated rings. The third-order valence-corrected chi connectivity index (χ3v) is 9.26. The molecule has 3 aliphatic rings. The molecule has 3 N–H and O–H groups in total. The van der Waals surface area contributed by atoms with Crippen LogP contribution in [0.1, 0.15) is 48.8 Å². The van der Waals surface area contributed by atoms with Crippen molar-refractivity contribution in [2.75, 3.05) is 42.8 Å². The number of para-hydroxylation sites is 1. The van der Waals surface area contributed by atoms with Gasteiger partial charge in [-0.25, -0.2) is 0 Å². The quantitative estimate of drug-likeness (QED) is 0.313. The van der Waals surface area contributed by atoms with Crippen molar-refractivity contribution < 1.29 is 29.0 Å². The maximum absolute atomic E-state index is 14.1. The van der Waals surface area contributed by atoms with E-state index in [0.717, 1.165) is 40.9 Å². The van der Waals surface area contributed by atoms with E-state index in [1.165, 1.54) is 0 Å². The number of unbranched alkanes of at least 4 members (excludes halogenated alkanes) is 1. The van der Waals surface area contributed by atoms with Crippen molar-refractivity contribution in [2.45, 2.75) is 51.1 Å². The fourth-order valence-corrected chi connectivity index (χ4v) is 6.98. The van der Waals surface area contributed by atoms with Crippen molar-refractivity contribution in [3.63, 3.8) is 0 Å². The Morgan fingerprint density at radius 1 is 1.04 bits per heavy atom. The Labute approximate surface area is 263 Å². The number of ether oxygens (including phenoxy) is 2. The minimum atomic E-state index is -0.927. The lowest BCUT2D eigenvalue weighted by molar-refractivity contribution is -0.143. The molecule has 0 unspecified atom stereocenters. The number of nitrogens with zero attached hydrogens (tertiary/aromatic N) is 3. The second-order valence-corrected chi connectivity index (χ2v) is 12.0. The minimum Gasteiger partial charge on any atom is -0.481 e. The van der Waals surface area contributed by atoms with E-state index in [1.54, 1.807) is 9.80 Å². The SMILES string of the molecule is CCCCN(C(=O)CN1C[C@H](c2ccc3c(c2)OCO3)[C@@H](C(=O)O)[C@@H]1CCN1C(=O)Cc2ccccc21)c1cccc(CN)c1. The van der Waals surface area contributed by atoms with Gasteiger partial charge in [-0.15, -0.1) is 0 Å². The number of fused-ring (bicyclic) bond motifs is 2. The number of carbonyl (C=O) groups excluding carboxylic acids is 2. The number of hydrogen-bond donors (Lipinski definition) is 2. The number of carbonyl (C=O) groups is 3. The van der Waals surface area contributed by atoms with Crippen molar-refractivity contribution in [2.24, 2.45) is 11.7 Å². The Balaban J connectivity index is 1.30. The standard InChI is InChI=1S/C35H40N4O6/c1-2-3-14-38(26-9-6-7-23(16-26)19-36)33(41)21-37-20-27(24-11-12-30-31(17-24)45-22-44-30)34(35(42)43)29(37)13-15-39-28-10-5-4-8-25(28)18-32(39)40/h4-12,16-17,27,29,34H,2-3,13-15,18-22,36H2,1H3,(H,42,43)/t27-,29+,34-/m1/s1. The lowest BCUT2D eigenvalue weighted by Gasteiger charge is -2.31. The Bertz CT molecular complexity index is 1580. The lowest BCUT2D eigenvalue weighted by Crippen LogP contribution is -2.46. The van der Waals surface area contributed by atoms with Crippen LogP contribution in [0.25, 0.3) is 0 Å². The van der Waals surface area contributed by atoms with Crippen LogP contribution in [0.15, 0.2) is 66.7 Å². The summed E-state index contributed by atoms with van der Waals surface area (Å²) in [6.07, 6.45) is 2.49. The molecule has 1 saturated heterocycles. The zero-order chi connectivity index (χ0) is 31.5. The van der Waals surface area contributed by atoms with Gasteiger partial charge in [-0.1, -0.05) is 49.7 Å². The Morgan fingerprint density at radius 2 is 1.87 bits per heavy atom. The number of carboxylic acid groups (broad SMARTS) is 1. The molecule has 3 aliphatic heterocycles. The molecular weight excluding hydrogens is 572 g/mol. The van der Waals surface area contributed by atoms with Gasteiger partial charge in [-0.05, 0) is 59.9 Å². The van der Waals surface area contributed by atoms with Crippen molar-refractivity contribution >= 4 is 29.2 Å². The van der Waals surface area contributed by atoms with Gasteiger partial charge in [-0.2, -0.15) is 0 Å². The van der Waals surface area contributed by atoms with Crippen LogP contribution < -0.4 is 25.0 Å². The third kappa shape index (κ3) is 6.25. The fourth-order valence-electron chi connectivity index (χ4n) is 6.98. The molecule has 0 bridgehead atoms. The lowest BCUT2D eigenvalue weighted by atomic mass is 9.84. The molecule has 236 valence electrons. The molecule has 0 spiro atoms. The van der Waals surface area contributed by atoms with Gasteiger partial charge in [0.25, 0.3) is 0 Å². The van der Waals surface area contributed by atoms with Crippen LogP contribution in [-0.4, -0.2) is 66.8 Å². The molecule has 0 radical (unpaired) electrons. The molecule has 3 aromatic carbocycles. The first-order valence-corrected chi connectivity index (χ1v) is 15.7. The number of aliphatic carboxylic acids is 1. The Kier molecular flexibility index (Phi) is 9.04. The summed E-state index contributed by atoms with van der Waals surface area (Å²) >= 11 is 0. The second kappa shape index (κ2) is 13.3. The number of amides is 2. The minimum absolute atomic E-state index is 0.00143. The fraction of sp³-hybridized carbons (Fsp3) is 0.400. The van der Waals surface area contributed by atoms with Gasteiger partial charge in [0, 0.05) is 49.5 Å². The van der Waals surface area contributed by atoms with Gasteiger partial charge in [0.2, 0.25) is 18.6 Å². The van der Waals surface area contributed by atoms with E-state index in [4.69, 9.17) is 15.2 Å². The topological polar surface area (TPSA) is 126 Å². The maximum Gasteiger partial charge on any atom is 0.308 e. The first-order valence-electron chi connectivity index (χ1n) is 15.7. The van der Waals surface area contributed by atoms with Crippen LogP contribution in [0.3, 0.4) is 0 Å². The zero-order valence-electron chi connectivity index (χ0n) is 25.6. The van der Waals surface area contributed by atoms with E-state index in [1.807, 2.05) is 71.6 Å². The monoisotopic (exact) mass is 612 g/mol. The summed E-state index contributed by atoms with van der Waals surface area (Å²) in [6, 6.07) is 20.5. The predicted molar refractivity (Wildman–Crippen MR) is 171 cm³/mol. The number of carboxylic acids is 1. The van der Waals surface area contributed by atoms with Crippen LogP contribution >= 0.6 is 0 Å². The first-order chi connectivity index (χ1) is 21.9. The summed E-state index contributed by atoms with van der Waals surface area (Å²) in [7, 11) is 0. The van der Waals surface area contributed by atoms with Crippen LogP contribution in [0, 0.1) is 5.92 Å². The number of likely N-dealkylation sites (tertiary alicyclic amines) is 1. The van der Waals surface area contributed by atoms with Gasteiger partial charge in [0.1, 0.15) is 0 Å². The zero-order valence-corrected chi connectivity index (χ0v) is 25.6. The average molecular weight is 613 g/mol. The average Bonchev–Trinajstić information content (AvgIpc) is 3.74.